The molecule has 0 aliphatic rings. The number of benzene rings is 2. The smallest absolute Gasteiger partial charge is 0.233 e. The van der Waals surface area contributed by atoms with E-state index in [1.54, 1.807) is 23.4 Å². The third kappa shape index (κ3) is 5.34. The minimum absolute atomic E-state index is 0.0446. The molecule has 0 saturated heterocycles. The van der Waals surface area contributed by atoms with E-state index in [1.807, 2.05) is 35.8 Å². The number of carbonyl (C=O) groups excluding carboxylic acids is 1. The Kier molecular flexibility index (Phi) is 7.37. The van der Waals surface area contributed by atoms with Crippen LogP contribution in [0.15, 0.2) is 72.1 Å². The van der Waals surface area contributed by atoms with Gasteiger partial charge in [-0.25, -0.2) is 4.39 Å². The molecule has 174 valence electrons. The summed E-state index contributed by atoms with van der Waals surface area (Å²) >= 11 is 1.34. The van der Waals surface area contributed by atoms with E-state index in [9.17, 15) is 9.18 Å². The standard InChI is InChI=1S/C26H26FN5OS/c1-4-31(16-20-6-5-7-22(27)15-20)24(33)17-34-26-30-29-25(21-10-12-28-13-11-21)32(26)23-9-8-18(2)19(3)14-23/h5-15H,4,16-17H2,1-3H3. The van der Waals surface area contributed by atoms with Gasteiger partial charge >= 0.3 is 0 Å². The van der Waals surface area contributed by atoms with Gasteiger partial charge in [-0.15, -0.1) is 10.2 Å². The maximum atomic E-state index is 13.6. The summed E-state index contributed by atoms with van der Waals surface area (Å²) < 4.78 is 15.5. The van der Waals surface area contributed by atoms with E-state index < -0.39 is 0 Å². The van der Waals surface area contributed by atoms with Crippen LogP contribution in [-0.4, -0.2) is 42.9 Å². The number of amides is 1. The monoisotopic (exact) mass is 475 g/mol. The lowest BCUT2D eigenvalue weighted by atomic mass is 10.1. The third-order valence-electron chi connectivity index (χ3n) is 5.64. The van der Waals surface area contributed by atoms with Gasteiger partial charge in [0.15, 0.2) is 11.0 Å². The SMILES string of the molecule is CCN(Cc1cccc(F)c1)C(=O)CSc1nnc(-c2ccncc2)n1-c1ccc(C)c(C)c1. The molecule has 0 bridgehead atoms. The zero-order valence-corrected chi connectivity index (χ0v) is 20.2. The number of rotatable bonds is 8. The Balaban J connectivity index is 1.59. The van der Waals surface area contributed by atoms with Gasteiger partial charge in [0.1, 0.15) is 5.82 Å². The summed E-state index contributed by atoms with van der Waals surface area (Å²) in [6, 6.07) is 16.3. The van der Waals surface area contributed by atoms with Gasteiger partial charge in [0.25, 0.3) is 0 Å². The Labute approximate surface area is 202 Å². The lowest BCUT2D eigenvalue weighted by Gasteiger charge is -2.21. The Morgan fingerprint density at radius 1 is 1.03 bits per heavy atom. The number of thioether (sulfide) groups is 1. The predicted molar refractivity (Wildman–Crippen MR) is 132 cm³/mol. The molecular weight excluding hydrogens is 449 g/mol. The number of hydrogen-bond acceptors (Lipinski definition) is 5. The zero-order valence-electron chi connectivity index (χ0n) is 19.4. The predicted octanol–water partition coefficient (Wildman–Crippen LogP) is 5.23. The van der Waals surface area contributed by atoms with Gasteiger partial charge < -0.3 is 4.90 Å². The molecular formula is C26H26FN5OS. The van der Waals surface area contributed by atoms with E-state index in [1.165, 1.54) is 29.5 Å². The van der Waals surface area contributed by atoms with Gasteiger partial charge in [0.2, 0.25) is 5.91 Å². The van der Waals surface area contributed by atoms with E-state index in [4.69, 9.17) is 0 Å². The Hall–Kier alpha value is -3.52. The fraction of sp³-hybridized carbons (Fsp3) is 0.231. The van der Waals surface area contributed by atoms with Crippen LogP contribution in [0.4, 0.5) is 4.39 Å². The summed E-state index contributed by atoms with van der Waals surface area (Å²) in [6.07, 6.45) is 3.44. The Bertz CT molecular complexity index is 1290. The highest BCUT2D eigenvalue weighted by Crippen LogP contribution is 2.29. The minimum Gasteiger partial charge on any atom is -0.338 e. The number of nitrogens with zero attached hydrogens (tertiary/aromatic N) is 5. The number of aromatic nitrogens is 4. The van der Waals surface area contributed by atoms with Crippen LogP contribution in [0.1, 0.15) is 23.6 Å². The normalized spacial score (nSPS) is 10.9. The van der Waals surface area contributed by atoms with Gasteiger partial charge in [0.05, 0.1) is 11.4 Å². The first-order valence-electron chi connectivity index (χ1n) is 11.0. The fourth-order valence-electron chi connectivity index (χ4n) is 3.60. The second-order valence-corrected chi connectivity index (χ2v) is 8.92. The molecule has 4 aromatic rings. The first kappa shape index (κ1) is 23.6. The number of halogens is 1. The second kappa shape index (κ2) is 10.6. The first-order valence-corrected chi connectivity index (χ1v) is 12.0. The molecule has 4 rings (SSSR count). The van der Waals surface area contributed by atoms with Crippen molar-refractivity contribution in [3.63, 3.8) is 0 Å². The Morgan fingerprint density at radius 3 is 2.53 bits per heavy atom. The molecule has 0 N–H and O–H groups in total. The zero-order chi connectivity index (χ0) is 24.1. The van der Waals surface area contributed by atoms with Crippen molar-refractivity contribution in [3.8, 4) is 17.1 Å². The van der Waals surface area contributed by atoms with Gasteiger partial charge in [-0.1, -0.05) is 30.0 Å². The summed E-state index contributed by atoms with van der Waals surface area (Å²) in [4.78, 5) is 18.8. The second-order valence-electron chi connectivity index (χ2n) is 7.97. The fourth-order valence-corrected chi connectivity index (χ4v) is 4.45. The van der Waals surface area contributed by atoms with Crippen LogP contribution in [-0.2, 0) is 11.3 Å². The summed E-state index contributed by atoms with van der Waals surface area (Å²) in [6.45, 7) is 6.95. The third-order valence-corrected chi connectivity index (χ3v) is 6.56. The van der Waals surface area contributed by atoms with Crippen LogP contribution in [0.2, 0.25) is 0 Å². The molecule has 6 nitrogen and oxygen atoms in total. The molecule has 2 heterocycles. The molecule has 0 unspecified atom stereocenters. The lowest BCUT2D eigenvalue weighted by molar-refractivity contribution is -0.128. The van der Waals surface area contributed by atoms with E-state index in [0.717, 1.165) is 22.4 Å². The molecule has 2 aromatic carbocycles. The number of hydrogen-bond donors (Lipinski definition) is 0. The lowest BCUT2D eigenvalue weighted by Crippen LogP contribution is -2.31. The maximum absolute atomic E-state index is 13.6. The van der Waals surface area contributed by atoms with E-state index in [2.05, 4.69) is 41.2 Å². The molecule has 0 radical (unpaired) electrons. The molecule has 0 spiro atoms. The van der Waals surface area contributed by atoms with Crippen LogP contribution in [0.3, 0.4) is 0 Å². The number of aryl methyl sites for hydroxylation is 2. The molecule has 0 fully saturated rings. The highest BCUT2D eigenvalue weighted by molar-refractivity contribution is 7.99. The highest BCUT2D eigenvalue weighted by atomic mass is 32.2. The quantitative estimate of drug-likeness (QED) is 0.327. The van der Waals surface area contributed by atoms with Crippen molar-refractivity contribution >= 4 is 17.7 Å². The van der Waals surface area contributed by atoms with Gasteiger partial charge in [-0.2, -0.15) is 0 Å². The maximum Gasteiger partial charge on any atom is 0.233 e. The van der Waals surface area contributed by atoms with Crippen LogP contribution in [0.25, 0.3) is 17.1 Å². The molecule has 8 heteroatoms. The van der Waals surface area contributed by atoms with E-state index in [-0.39, 0.29) is 17.5 Å². The van der Waals surface area contributed by atoms with Crippen molar-refractivity contribution in [2.75, 3.05) is 12.3 Å². The number of pyridine rings is 1. The summed E-state index contributed by atoms with van der Waals surface area (Å²) in [5.74, 6) is 0.535. The van der Waals surface area contributed by atoms with Crippen molar-refractivity contribution in [3.05, 3.63) is 89.5 Å². The van der Waals surface area contributed by atoms with Crippen molar-refractivity contribution < 1.29 is 9.18 Å². The largest absolute Gasteiger partial charge is 0.338 e. The van der Waals surface area contributed by atoms with Crippen LogP contribution in [0.5, 0.6) is 0 Å². The van der Waals surface area contributed by atoms with Gasteiger partial charge in [-0.3, -0.25) is 14.3 Å². The molecule has 2 aromatic heterocycles. The average molecular weight is 476 g/mol. The highest BCUT2D eigenvalue weighted by Gasteiger charge is 2.19. The number of carbonyl (C=O) groups is 1. The van der Waals surface area contributed by atoms with Gasteiger partial charge in [-0.05, 0) is 73.9 Å². The first-order chi connectivity index (χ1) is 16.5. The molecule has 0 aliphatic carbocycles. The van der Waals surface area contributed by atoms with Crippen LogP contribution in [0, 0.1) is 19.7 Å². The molecule has 0 saturated carbocycles. The topological polar surface area (TPSA) is 63.9 Å². The molecule has 0 aliphatic heterocycles. The molecule has 34 heavy (non-hydrogen) atoms. The van der Waals surface area contributed by atoms with E-state index in [0.29, 0.717) is 24.1 Å². The molecule has 1 amide bonds. The van der Waals surface area contributed by atoms with Crippen molar-refractivity contribution in [2.45, 2.75) is 32.5 Å². The van der Waals surface area contributed by atoms with Crippen molar-refractivity contribution in [2.24, 2.45) is 0 Å². The summed E-state index contributed by atoms with van der Waals surface area (Å²) in [7, 11) is 0. The van der Waals surface area contributed by atoms with Crippen molar-refractivity contribution in [1.29, 1.82) is 0 Å². The van der Waals surface area contributed by atoms with Crippen LogP contribution < -0.4 is 0 Å². The minimum atomic E-state index is -0.305. The summed E-state index contributed by atoms with van der Waals surface area (Å²) in [5, 5.41) is 9.47. The van der Waals surface area contributed by atoms with Crippen molar-refractivity contribution in [1.82, 2.24) is 24.6 Å². The summed E-state index contributed by atoms with van der Waals surface area (Å²) in [5.41, 5.74) is 4.94. The van der Waals surface area contributed by atoms with Gasteiger partial charge in [0, 0.05) is 31.0 Å². The average Bonchev–Trinajstić information content (AvgIpc) is 3.27. The van der Waals surface area contributed by atoms with E-state index >= 15 is 0 Å². The van der Waals surface area contributed by atoms with Crippen LogP contribution >= 0.6 is 11.8 Å². The molecule has 0 atom stereocenters. The Morgan fingerprint density at radius 2 is 1.82 bits per heavy atom.